The zero-order valence-corrected chi connectivity index (χ0v) is 17.3. The Hall–Kier alpha value is -1.56. The maximum Gasteiger partial charge on any atom is 0.0544 e. The standard InChI is InChI=1S/C22H30N4S/c1-17-6-7-19(23-13-17)15-25(2)16-20-12-21-18(14-24-20)4-3-5-22(21)26-8-10-27-11-9-26/h3-7,13,20,24H,8-12,14-16H2,1-2H3/t20-/m1/s1. The lowest BCUT2D eigenvalue weighted by molar-refractivity contribution is 0.271. The van der Waals surface area contributed by atoms with Gasteiger partial charge >= 0.3 is 0 Å². The van der Waals surface area contributed by atoms with Crippen LogP contribution in [0.1, 0.15) is 22.4 Å². The number of aromatic nitrogens is 1. The third kappa shape index (κ3) is 4.65. The van der Waals surface area contributed by atoms with Gasteiger partial charge in [-0.15, -0.1) is 0 Å². The molecule has 4 nitrogen and oxygen atoms in total. The van der Waals surface area contributed by atoms with Crippen LogP contribution in [0.3, 0.4) is 0 Å². The summed E-state index contributed by atoms with van der Waals surface area (Å²) in [6.07, 6.45) is 3.07. The molecule has 2 aromatic rings. The quantitative estimate of drug-likeness (QED) is 0.859. The van der Waals surface area contributed by atoms with E-state index >= 15 is 0 Å². The predicted molar refractivity (Wildman–Crippen MR) is 116 cm³/mol. The Labute approximate surface area is 167 Å². The van der Waals surface area contributed by atoms with Crippen LogP contribution in [0.2, 0.25) is 0 Å². The minimum absolute atomic E-state index is 0.494. The van der Waals surface area contributed by atoms with Crippen LogP contribution in [0.4, 0.5) is 5.69 Å². The number of pyridine rings is 1. The van der Waals surface area contributed by atoms with E-state index in [4.69, 9.17) is 0 Å². The van der Waals surface area contributed by atoms with Crippen LogP contribution in [0, 0.1) is 6.92 Å². The van der Waals surface area contributed by atoms with Crippen LogP contribution in [-0.2, 0) is 19.5 Å². The van der Waals surface area contributed by atoms with E-state index in [1.165, 1.54) is 41.4 Å². The Morgan fingerprint density at radius 1 is 1.22 bits per heavy atom. The van der Waals surface area contributed by atoms with Crippen LogP contribution < -0.4 is 10.2 Å². The first kappa shape index (κ1) is 18.8. The fraction of sp³-hybridized carbons (Fsp3) is 0.500. The van der Waals surface area contributed by atoms with Gasteiger partial charge in [0.2, 0.25) is 0 Å². The molecule has 2 aliphatic heterocycles. The number of aryl methyl sites for hydroxylation is 1. The van der Waals surface area contributed by atoms with E-state index in [2.05, 4.69) is 76.2 Å². The number of hydrogen-bond donors (Lipinski definition) is 1. The number of anilines is 1. The molecule has 1 aromatic heterocycles. The molecule has 1 aromatic carbocycles. The van der Waals surface area contributed by atoms with Gasteiger partial charge in [0.25, 0.3) is 0 Å². The van der Waals surface area contributed by atoms with Crippen molar-refractivity contribution < 1.29 is 0 Å². The molecule has 27 heavy (non-hydrogen) atoms. The molecule has 0 aliphatic carbocycles. The Bertz CT molecular complexity index is 755. The summed E-state index contributed by atoms with van der Waals surface area (Å²) in [6.45, 7) is 7.36. The van der Waals surface area contributed by atoms with E-state index in [-0.39, 0.29) is 0 Å². The highest BCUT2D eigenvalue weighted by Crippen LogP contribution is 2.30. The molecule has 5 heteroatoms. The summed E-state index contributed by atoms with van der Waals surface area (Å²) in [6, 6.07) is 11.6. The van der Waals surface area contributed by atoms with Crippen molar-refractivity contribution in [1.29, 1.82) is 0 Å². The molecule has 0 unspecified atom stereocenters. The Balaban J connectivity index is 1.42. The normalized spacial score (nSPS) is 20.0. The van der Waals surface area contributed by atoms with Crippen molar-refractivity contribution in [2.24, 2.45) is 0 Å². The SMILES string of the molecule is Cc1ccc(CN(C)C[C@H]2Cc3c(cccc3N3CCSCC3)CN2)nc1. The van der Waals surface area contributed by atoms with Crippen molar-refractivity contribution in [3.63, 3.8) is 0 Å². The van der Waals surface area contributed by atoms with Gasteiger partial charge in [-0.2, -0.15) is 11.8 Å². The number of likely N-dealkylation sites (N-methyl/N-ethyl adjacent to an activating group) is 1. The number of nitrogens with zero attached hydrogens (tertiary/aromatic N) is 3. The summed E-state index contributed by atoms with van der Waals surface area (Å²) in [5.74, 6) is 2.50. The molecular formula is C22H30N4S. The van der Waals surface area contributed by atoms with Gasteiger partial charge in [0, 0.05) is 62.2 Å². The number of hydrogen-bond acceptors (Lipinski definition) is 5. The molecule has 2 aliphatic rings. The summed E-state index contributed by atoms with van der Waals surface area (Å²) < 4.78 is 0. The van der Waals surface area contributed by atoms with Gasteiger partial charge in [0.05, 0.1) is 5.69 Å². The third-order valence-corrected chi connectivity index (χ3v) is 6.51. The van der Waals surface area contributed by atoms with Gasteiger partial charge in [-0.05, 0) is 49.2 Å². The van der Waals surface area contributed by atoms with E-state index in [1.54, 1.807) is 5.56 Å². The van der Waals surface area contributed by atoms with Gasteiger partial charge < -0.3 is 10.2 Å². The molecule has 0 saturated carbocycles. The number of thioether (sulfide) groups is 1. The summed E-state index contributed by atoms with van der Waals surface area (Å²) in [7, 11) is 2.20. The van der Waals surface area contributed by atoms with Crippen molar-refractivity contribution in [3.05, 3.63) is 58.9 Å². The van der Waals surface area contributed by atoms with Crippen LogP contribution >= 0.6 is 11.8 Å². The van der Waals surface area contributed by atoms with E-state index in [0.29, 0.717) is 6.04 Å². The third-order valence-electron chi connectivity index (χ3n) is 5.57. The molecule has 1 N–H and O–H groups in total. The molecule has 0 radical (unpaired) electrons. The van der Waals surface area contributed by atoms with Crippen molar-refractivity contribution in [1.82, 2.24) is 15.2 Å². The van der Waals surface area contributed by atoms with Crippen molar-refractivity contribution in [2.45, 2.75) is 32.5 Å². The van der Waals surface area contributed by atoms with Crippen LogP contribution in [0.25, 0.3) is 0 Å². The minimum atomic E-state index is 0.494. The highest BCUT2D eigenvalue weighted by atomic mass is 32.2. The second kappa shape index (κ2) is 8.63. The molecule has 1 saturated heterocycles. The zero-order valence-electron chi connectivity index (χ0n) is 16.4. The number of fused-ring (bicyclic) bond motifs is 1. The minimum Gasteiger partial charge on any atom is -0.370 e. The fourth-order valence-electron chi connectivity index (χ4n) is 4.13. The van der Waals surface area contributed by atoms with Crippen molar-refractivity contribution >= 4 is 17.4 Å². The first-order chi connectivity index (χ1) is 13.2. The molecule has 0 spiro atoms. The van der Waals surface area contributed by atoms with Crippen molar-refractivity contribution in [3.8, 4) is 0 Å². The van der Waals surface area contributed by atoms with Crippen LogP contribution in [0.15, 0.2) is 36.5 Å². The first-order valence-corrected chi connectivity index (χ1v) is 11.1. The van der Waals surface area contributed by atoms with E-state index in [1.807, 2.05) is 6.20 Å². The monoisotopic (exact) mass is 382 g/mol. The second-order valence-corrected chi connectivity index (χ2v) is 9.04. The van der Waals surface area contributed by atoms with E-state index < -0.39 is 0 Å². The van der Waals surface area contributed by atoms with Crippen LogP contribution in [-0.4, -0.2) is 54.1 Å². The molecule has 1 atom stereocenters. The number of benzene rings is 1. The van der Waals surface area contributed by atoms with Gasteiger partial charge in [-0.1, -0.05) is 18.2 Å². The molecule has 4 rings (SSSR count). The lowest BCUT2D eigenvalue weighted by atomic mass is 9.93. The Morgan fingerprint density at radius 2 is 2.07 bits per heavy atom. The number of rotatable bonds is 5. The summed E-state index contributed by atoms with van der Waals surface area (Å²) in [5, 5.41) is 3.75. The average Bonchev–Trinajstić information content (AvgIpc) is 2.70. The highest BCUT2D eigenvalue weighted by Gasteiger charge is 2.24. The zero-order chi connectivity index (χ0) is 18.6. The van der Waals surface area contributed by atoms with Gasteiger partial charge in [-0.3, -0.25) is 9.88 Å². The molecule has 144 valence electrons. The molecular weight excluding hydrogens is 352 g/mol. The van der Waals surface area contributed by atoms with Gasteiger partial charge in [0.15, 0.2) is 0 Å². The largest absolute Gasteiger partial charge is 0.370 e. The molecule has 0 bridgehead atoms. The summed E-state index contributed by atoms with van der Waals surface area (Å²) >= 11 is 2.07. The smallest absolute Gasteiger partial charge is 0.0544 e. The van der Waals surface area contributed by atoms with Gasteiger partial charge in [0.1, 0.15) is 0 Å². The maximum absolute atomic E-state index is 4.55. The lowest BCUT2D eigenvalue weighted by Gasteiger charge is -2.35. The molecule has 3 heterocycles. The Kier molecular flexibility index (Phi) is 6.01. The summed E-state index contributed by atoms with van der Waals surface area (Å²) in [5.41, 5.74) is 6.88. The topological polar surface area (TPSA) is 31.4 Å². The van der Waals surface area contributed by atoms with Crippen molar-refractivity contribution in [2.75, 3.05) is 43.1 Å². The summed E-state index contributed by atoms with van der Waals surface area (Å²) in [4.78, 5) is 9.54. The Morgan fingerprint density at radius 3 is 2.85 bits per heavy atom. The van der Waals surface area contributed by atoms with Crippen LogP contribution in [0.5, 0.6) is 0 Å². The molecule has 0 amide bonds. The predicted octanol–water partition coefficient (Wildman–Crippen LogP) is 3.09. The first-order valence-electron chi connectivity index (χ1n) is 9.96. The van der Waals surface area contributed by atoms with E-state index in [0.717, 1.165) is 31.7 Å². The van der Waals surface area contributed by atoms with E-state index in [9.17, 15) is 0 Å². The fourth-order valence-corrected chi connectivity index (χ4v) is 5.04. The highest BCUT2D eigenvalue weighted by molar-refractivity contribution is 7.99. The lowest BCUT2D eigenvalue weighted by Crippen LogP contribution is -2.44. The van der Waals surface area contributed by atoms with Gasteiger partial charge in [-0.25, -0.2) is 0 Å². The second-order valence-electron chi connectivity index (χ2n) is 7.82. The average molecular weight is 383 g/mol. The number of nitrogens with one attached hydrogen (secondary N) is 1. The maximum atomic E-state index is 4.55. The molecule has 1 fully saturated rings.